The average Bonchev–Trinajstić information content (AvgIpc) is 1.83. The van der Waals surface area contributed by atoms with E-state index in [1.807, 2.05) is 0 Å². The number of rotatable bonds is 2. The summed E-state index contributed by atoms with van der Waals surface area (Å²) < 4.78 is 11.9. The number of allylic oxidation sites excluding steroid dienone is 2. The molecule has 0 heterocycles. The van der Waals surface area contributed by atoms with E-state index in [0.717, 1.165) is 0 Å². The van der Waals surface area contributed by atoms with Gasteiger partial charge >= 0.3 is 0 Å². The Kier molecular flexibility index (Phi) is 3.76. The second-order valence-corrected chi connectivity index (χ2v) is 1.13. The summed E-state index contributed by atoms with van der Waals surface area (Å²) in [5.74, 6) is -0.482. The fourth-order valence-corrected chi connectivity index (χ4v) is 0.198. The standard InChI is InChI=1S/C6H8FN/c1-3-5-8-6(7)4-2/h3-5H,1H2,2H3/b6-4-,8-5-. The maximum Gasteiger partial charge on any atom is 0.208 e. The van der Waals surface area contributed by atoms with Crippen LogP contribution < -0.4 is 0 Å². The lowest BCUT2D eigenvalue weighted by Crippen LogP contribution is -1.64. The number of hydrogen-bond acceptors (Lipinski definition) is 1. The van der Waals surface area contributed by atoms with E-state index in [0.29, 0.717) is 0 Å². The van der Waals surface area contributed by atoms with Crippen molar-refractivity contribution >= 4 is 6.21 Å². The molecule has 0 aromatic heterocycles. The third kappa shape index (κ3) is 3.28. The molecule has 44 valence electrons. The van der Waals surface area contributed by atoms with E-state index >= 15 is 0 Å². The molecule has 0 aliphatic heterocycles. The van der Waals surface area contributed by atoms with Gasteiger partial charge in [-0.3, -0.25) is 0 Å². The molecule has 0 saturated heterocycles. The summed E-state index contributed by atoms with van der Waals surface area (Å²) in [6.07, 6.45) is 4.00. The summed E-state index contributed by atoms with van der Waals surface area (Å²) >= 11 is 0. The Hall–Kier alpha value is -0.920. The zero-order valence-electron chi connectivity index (χ0n) is 4.76. The van der Waals surface area contributed by atoms with Gasteiger partial charge in [-0.1, -0.05) is 12.7 Å². The monoisotopic (exact) mass is 113 g/mol. The lowest BCUT2D eigenvalue weighted by atomic mass is 10.6. The van der Waals surface area contributed by atoms with Crippen LogP contribution in [0.1, 0.15) is 6.92 Å². The zero-order valence-corrected chi connectivity index (χ0v) is 4.76. The van der Waals surface area contributed by atoms with Crippen LogP contribution in [-0.4, -0.2) is 6.21 Å². The predicted octanol–water partition coefficient (Wildman–Crippen LogP) is 2.07. The molecule has 0 fully saturated rings. The molecule has 1 nitrogen and oxygen atoms in total. The Bertz CT molecular complexity index is 124. The van der Waals surface area contributed by atoms with Crippen LogP contribution in [0.15, 0.2) is 29.7 Å². The summed E-state index contributed by atoms with van der Waals surface area (Å²) in [6, 6.07) is 0. The molecular formula is C6H8FN. The Morgan fingerprint density at radius 2 is 2.38 bits per heavy atom. The Balaban J connectivity index is 3.69. The smallest absolute Gasteiger partial charge is 0.208 e. The van der Waals surface area contributed by atoms with Crippen LogP contribution in [-0.2, 0) is 0 Å². The normalized spacial score (nSPS) is 12.5. The molecule has 0 amide bonds. The van der Waals surface area contributed by atoms with Crippen LogP contribution in [0.2, 0.25) is 0 Å². The second-order valence-electron chi connectivity index (χ2n) is 1.13. The average molecular weight is 113 g/mol. The molecule has 0 spiro atoms. The first-order chi connectivity index (χ1) is 3.81. The highest BCUT2D eigenvalue weighted by Gasteiger charge is 1.77. The molecule has 0 aliphatic rings. The van der Waals surface area contributed by atoms with Gasteiger partial charge in [0.25, 0.3) is 0 Å². The van der Waals surface area contributed by atoms with Gasteiger partial charge in [0.1, 0.15) is 0 Å². The zero-order chi connectivity index (χ0) is 6.41. The molecule has 8 heavy (non-hydrogen) atoms. The summed E-state index contributed by atoms with van der Waals surface area (Å²) in [5.41, 5.74) is 0. The summed E-state index contributed by atoms with van der Waals surface area (Å²) in [6.45, 7) is 4.90. The molecule has 0 unspecified atom stereocenters. The van der Waals surface area contributed by atoms with Crippen LogP contribution in [0.5, 0.6) is 0 Å². The van der Waals surface area contributed by atoms with Gasteiger partial charge < -0.3 is 0 Å². The van der Waals surface area contributed by atoms with Gasteiger partial charge in [-0.15, -0.1) is 0 Å². The molecule has 0 aromatic rings. The van der Waals surface area contributed by atoms with Gasteiger partial charge in [0, 0.05) is 6.21 Å². The fourth-order valence-electron chi connectivity index (χ4n) is 0.198. The van der Waals surface area contributed by atoms with Gasteiger partial charge in [-0.05, 0) is 13.0 Å². The molecule has 0 aromatic carbocycles. The van der Waals surface area contributed by atoms with Crippen LogP contribution in [0.3, 0.4) is 0 Å². The van der Waals surface area contributed by atoms with E-state index in [-0.39, 0.29) is 0 Å². The first kappa shape index (κ1) is 7.08. The summed E-state index contributed by atoms with van der Waals surface area (Å²) in [4.78, 5) is 3.31. The van der Waals surface area contributed by atoms with E-state index in [1.165, 1.54) is 18.4 Å². The molecule has 0 rings (SSSR count). The maximum absolute atomic E-state index is 11.9. The highest BCUT2D eigenvalue weighted by molar-refractivity contribution is 5.70. The van der Waals surface area contributed by atoms with Crippen molar-refractivity contribution < 1.29 is 4.39 Å². The third-order valence-electron chi connectivity index (χ3n) is 0.541. The molecule has 0 bridgehead atoms. The van der Waals surface area contributed by atoms with Crippen molar-refractivity contribution in [1.82, 2.24) is 0 Å². The first-order valence-corrected chi connectivity index (χ1v) is 2.28. The van der Waals surface area contributed by atoms with E-state index in [1.54, 1.807) is 6.92 Å². The number of aliphatic imine (C=N–C) groups is 1. The maximum atomic E-state index is 11.9. The van der Waals surface area contributed by atoms with Gasteiger partial charge in [0.2, 0.25) is 5.95 Å². The molecule has 0 radical (unpaired) electrons. The minimum absolute atomic E-state index is 0.482. The lowest BCUT2D eigenvalue weighted by Gasteiger charge is -1.77. The molecule has 0 aliphatic carbocycles. The van der Waals surface area contributed by atoms with Crippen molar-refractivity contribution in [2.24, 2.45) is 4.99 Å². The minimum Gasteiger partial charge on any atom is -0.229 e. The van der Waals surface area contributed by atoms with Crippen molar-refractivity contribution in [3.63, 3.8) is 0 Å². The number of halogens is 1. The van der Waals surface area contributed by atoms with Crippen molar-refractivity contribution in [2.45, 2.75) is 6.92 Å². The largest absolute Gasteiger partial charge is 0.229 e. The van der Waals surface area contributed by atoms with Gasteiger partial charge in [0.05, 0.1) is 0 Å². The van der Waals surface area contributed by atoms with Crippen molar-refractivity contribution in [3.8, 4) is 0 Å². The predicted molar refractivity (Wildman–Crippen MR) is 33.6 cm³/mol. The Labute approximate surface area is 48.2 Å². The van der Waals surface area contributed by atoms with Crippen LogP contribution >= 0.6 is 0 Å². The number of nitrogens with zero attached hydrogens (tertiary/aromatic N) is 1. The topological polar surface area (TPSA) is 12.4 Å². The van der Waals surface area contributed by atoms with E-state index in [2.05, 4.69) is 11.6 Å². The quantitative estimate of drug-likeness (QED) is 0.384. The minimum atomic E-state index is -0.482. The van der Waals surface area contributed by atoms with Crippen LogP contribution in [0.25, 0.3) is 0 Å². The molecule has 0 saturated carbocycles. The lowest BCUT2D eigenvalue weighted by molar-refractivity contribution is 0.627. The third-order valence-corrected chi connectivity index (χ3v) is 0.541. The molecule has 0 N–H and O–H groups in total. The van der Waals surface area contributed by atoms with Crippen LogP contribution in [0, 0.1) is 0 Å². The van der Waals surface area contributed by atoms with Gasteiger partial charge in [0.15, 0.2) is 0 Å². The first-order valence-electron chi connectivity index (χ1n) is 2.28. The molecule has 2 heteroatoms. The summed E-state index contributed by atoms with van der Waals surface area (Å²) in [7, 11) is 0. The van der Waals surface area contributed by atoms with E-state index < -0.39 is 5.95 Å². The Morgan fingerprint density at radius 3 is 2.75 bits per heavy atom. The van der Waals surface area contributed by atoms with E-state index in [4.69, 9.17) is 0 Å². The second kappa shape index (κ2) is 4.24. The summed E-state index contributed by atoms with van der Waals surface area (Å²) in [5, 5.41) is 0. The fraction of sp³-hybridized carbons (Fsp3) is 0.167. The highest BCUT2D eigenvalue weighted by Crippen LogP contribution is 1.93. The molecule has 0 atom stereocenters. The molecular weight excluding hydrogens is 105 g/mol. The van der Waals surface area contributed by atoms with E-state index in [9.17, 15) is 4.39 Å². The van der Waals surface area contributed by atoms with Crippen molar-refractivity contribution in [3.05, 3.63) is 24.7 Å². The Morgan fingerprint density at radius 1 is 1.75 bits per heavy atom. The SMILES string of the molecule is C=C/C=N\C(F)=C/C. The van der Waals surface area contributed by atoms with Gasteiger partial charge in [-0.25, -0.2) is 4.99 Å². The number of hydrogen-bond donors (Lipinski definition) is 0. The highest BCUT2D eigenvalue weighted by atomic mass is 19.1. The van der Waals surface area contributed by atoms with Gasteiger partial charge in [-0.2, -0.15) is 4.39 Å². The van der Waals surface area contributed by atoms with Crippen molar-refractivity contribution in [2.75, 3.05) is 0 Å². The van der Waals surface area contributed by atoms with Crippen LogP contribution in [0.4, 0.5) is 4.39 Å². The van der Waals surface area contributed by atoms with Crippen molar-refractivity contribution in [1.29, 1.82) is 0 Å².